The van der Waals surface area contributed by atoms with E-state index in [1.54, 1.807) is 12.1 Å². The topological polar surface area (TPSA) is 98.3 Å². The first-order chi connectivity index (χ1) is 24.1. The van der Waals surface area contributed by atoms with Crippen LogP contribution in [0.15, 0.2) is 67.0 Å². The minimum absolute atomic E-state index is 0. The van der Waals surface area contributed by atoms with Gasteiger partial charge in [-0.05, 0) is 69.4 Å². The van der Waals surface area contributed by atoms with Gasteiger partial charge in [-0.15, -0.1) is 12.4 Å². The molecule has 17 heteroatoms. The fourth-order valence-electron chi connectivity index (χ4n) is 6.25. The summed E-state index contributed by atoms with van der Waals surface area (Å²) in [5.74, 6) is -1.78. The average molecular weight is 757 g/mol. The van der Waals surface area contributed by atoms with Crippen LogP contribution in [0.25, 0.3) is 0 Å². The normalized spacial score (nSPS) is 18.1. The molecule has 1 atom stereocenters. The molecule has 52 heavy (non-hydrogen) atoms. The Balaban J connectivity index is 0.00000605. The number of nitrogens with zero attached hydrogens (tertiary/aromatic N) is 5. The standard InChI is InChI=1S/C35H38F6N6O4.ClH/c1-44(2)17-13-30(48)43-28-6-3-4-7-29(28)45-18-20-46(21-19-45)32(50)33(51-25-10-8-24(9-11-25)34(36,37)38)14-5-16-47(23-33)31(49)26-22-42-15-12-27(26)35(39,40)41;/h3-4,6-12,15,22H,5,13-14,16-21,23H2,1-2H3,(H,43,48);1H. The molecular weight excluding hydrogens is 718 g/mol. The second-order valence-corrected chi connectivity index (χ2v) is 12.8. The van der Waals surface area contributed by atoms with Gasteiger partial charge in [0.05, 0.1) is 34.6 Å². The van der Waals surface area contributed by atoms with E-state index < -0.39 is 53.0 Å². The van der Waals surface area contributed by atoms with Crippen LogP contribution in [0.4, 0.5) is 37.7 Å². The molecule has 0 aliphatic carbocycles. The number of para-hydroxylation sites is 2. The molecule has 0 spiro atoms. The summed E-state index contributed by atoms with van der Waals surface area (Å²) < 4.78 is 87.5. The number of alkyl halides is 6. The van der Waals surface area contributed by atoms with Crippen molar-refractivity contribution in [3.63, 3.8) is 0 Å². The number of rotatable bonds is 9. The highest BCUT2D eigenvalue weighted by Gasteiger charge is 2.49. The summed E-state index contributed by atoms with van der Waals surface area (Å²) in [4.78, 5) is 50.8. The lowest BCUT2D eigenvalue weighted by atomic mass is 9.89. The van der Waals surface area contributed by atoms with Gasteiger partial charge >= 0.3 is 12.4 Å². The van der Waals surface area contributed by atoms with Crippen LogP contribution in [0, 0.1) is 0 Å². The highest BCUT2D eigenvalue weighted by molar-refractivity contribution is 5.97. The third kappa shape index (κ3) is 9.45. The number of piperazine rings is 1. The summed E-state index contributed by atoms with van der Waals surface area (Å²) in [7, 11) is 3.74. The molecule has 5 rings (SSSR count). The predicted octanol–water partition coefficient (Wildman–Crippen LogP) is 5.83. The Bertz CT molecular complexity index is 1720. The van der Waals surface area contributed by atoms with Gasteiger partial charge in [-0.2, -0.15) is 26.3 Å². The van der Waals surface area contributed by atoms with Crippen molar-refractivity contribution in [3.8, 4) is 5.75 Å². The minimum atomic E-state index is -4.85. The Hall–Kier alpha value is -4.57. The van der Waals surface area contributed by atoms with Gasteiger partial charge in [-0.3, -0.25) is 19.4 Å². The van der Waals surface area contributed by atoms with E-state index in [1.165, 1.54) is 4.90 Å². The quantitative estimate of drug-likeness (QED) is 0.275. The number of hydrogen-bond acceptors (Lipinski definition) is 7. The zero-order valence-electron chi connectivity index (χ0n) is 28.5. The average Bonchev–Trinajstić information content (AvgIpc) is 3.10. The Morgan fingerprint density at radius 3 is 2.19 bits per heavy atom. The SMILES string of the molecule is CN(C)CCC(=O)Nc1ccccc1N1CCN(C(=O)C2(Oc3ccc(C(F)(F)F)cc3)CCCN(C(=O)c3cnccc3C(F)(F)F)C2)CC1.Cl. The van der Waals surface area contributed by atoms with Crippen LogP contribution in [0.2, 0.25) is 0 Å². The lowest BCUT2D eigenvalue weighted by Crippen LogP contribution is -2.64. The Morgan fingerprint density at radius 1 is 0.885 bits per heavy atom. The Morgan fingerprint density at radius 2 is 1.56 bits per heavy atom. The lowest BCUT2D eigenvalue weighted by molar-refractivity contribution is -0.153. The van der Waals surface area contributed by atoms with Crippen LogP contribution in [0.3, 0.4) is 0 Å². The summed E-state index contributed by atoms with van der Waals surface area (Å²) in [5, 5.41) is 2.95. The van der Waals surface area contributed by atoms with Crippen LogP contribution < -0.4 is 15.0 Å². The van der Waals surface area contributed by atoms with Gasteiger partial charge in [0.1, 0.15) is 5.75 Å². The van der Waals surface area contributed by atoms with Crippen LogP contribution in [0.1, 0.15) is 40.7 Å². The molecule has 2 fully saturated rings. The third-order valence-corrected chi connectivity index (χ3v) is 8.86. The number of benzene rings is 2. The molecule has 2 saturated heterocycles. The van der Waals surface area contributed by atoms with E-state index in [1.807, 2.05) is 36.0 Å². The minimum Gasteiger partial charge on any atom is -0.476 e. The van der Waals surface area contributed by atoms with E-state index in [0.717, 1.165) is 47.2 Å². The van der Waals surface area contributed by atoms with E-state index in [9.17, 15) is 40.7 Å². The third-order valence-electron chi connectivity index (χ3n) is 8.86. The number of hydrogen-bond donors (Lipinski definition) is 1. The number of anilines is 2. The van der Waals surface area contributed by atoms with Crippen LogP contribution in [-0.4, -0.2) is 103 Å². The fourth-order valence-corrected chi connectivity index (χ4v) is 6.25. The van der Waals surface area contributed by atoms with Crippen LogP contribution in [0.5, 0.6) is 5.75 Å². The number of nitrogens with one attached hydrogen (secondary N) is 1. The van der Waals surface area contributed by atoms with Crippen molar-refractivity contribution in [1.29, 1.82) is 0 Å². The highest BCUT2D eigenvalue weighted by atomic mass is 35.5. The lowest BCUT2D eigenvalue weighted by Gasteiger charge is -2.46. The van der Waals surface area contributed by atoms with Crippen molar-refractivity contribution in [1.82, 2.24) is 19.7 Å². The maximum atomic E-state index is 14.4. The summed E-state index contributed by atoms with van der Waals surface area (Å²) in [6, 6.07) is 11.7. The molecular formula is C35H39ClF6N6O4. The van der Waals surface area contributed by atoms with Crippen molar-refractivity contribution >= 4 is 41.5 Å². The molecule has 3 aromatic rings. The summed E-state index contributed by atoms with van der Waals surface area (Å²) in [6.45, 7) is 1.21. The number of carbonyl (C=O) groups is 3. The highest BCUT2D eigenvalue weighted by Crippen LogP contribution is 2.37. The first kappa shape index (κ1) is 40.2. The smallest absolute Gasteiger partial charge is 0.417 e. The van der Waals surface area contributed by atoms with Gasteiger partial charge in [0.25, 0.3) is 11.8 Å². The largest absolute Gasteiger partial charge is 0.476 e. The molecule has 3 amide bonds. The molecule has 1 aromatic heterocycles. The molecule has 0 bridgehead atoms. The number of amides is 3. The van der Waals surface area contributed by atoms with Gasteiger partial charge in [0.2, 0.25) is 11.5 Å². The number of halogens is 7. The molecule has 1 N–H and O–H groups in total. The fraction of sp³-hybridized carbons (Fsp3) is 0.429. The zero-order chi connectivity index (χ0) is 37.0. The number of carbonyl (C=O) groups excluding carboxylic acids is 3. The van der Waals surface area contributed by atoms with Crippen LogP contribution in [-0.2, 0) is 21.9 Å². The molecule has 0 saturated carbocycles. The summed E-state index contributed by atoms with van der Waals surface area (Å²) in [5.41, 5.74) is -3.25. The van der Waals surface area contributed by atoms with Gasteiger partial charge in [0.15, 0.2) is 0 Å². The second kappa shape index (κ2) is 16.4. The number of likely N-dealkylation sites (tertiary alicyclic amines) is 1. The van der Waals surface area contributed by atoms with Gasteiger partial charge in [-0.25, -0.2) is 0 Å². The van der Waals surface area contributed by atoms with Crippen molar-refractivity contribution in [3.05, 3.63) is 83.7 Å². The van der Waals surface area contributed by atoms with E-state index >= 15 is 0 Å². The first-order valence-corrected chi connectivity index (χ1v) is 16.3. The Kier molecular flexibility index (Phi) is 12.7. The molecule has 0 radical (unpaired) electrons. The number of piperidine rings is 1. The predicted molar refractivity (Wildman–Crippen MR) is 183 cm³/mol. The summed E-state index contributed by atoms with van der Waals surface area (Å²) >= 11 is 0. The molecule has 1 unspecified atom stereocenters. The van der Waals surface area contributed by atoms with E-state index in [2.05, 4.69) is 10.3 Å². The molecule has 2 aliphatic heterocycles. The molecule has 3 heterocycles. The second-order valence-electron chi connectivity index (χ2n) is 12.8. The summed E-state index contributed by atoms with van der Waals surface area (Å²) in [6.07, 6.45) is -7.20. The van der Waals surface area contributed by atoms with Crippen molar-refractivity contribution < 1.29 is 45.5 Å². The number of ether oxygens (including phenoxy) is 1. The van der Waals surface area contributed by atoms with E-state index in [-0.39, 0.29) is 56.5 Å². The molecule has 282 valence electrons. The van der Waals surface area contributed by atoms with Gasteiger partial charge < -0.3 is 29.7 Å². The first-order valence-electron chi connectivity index (χ1n) is 16.3. The Labute approximate surface area is 303 Å². The molecule has 2 aliphatic rings. The molecule has 10 nitrogen and oxygen atoms in total. The van der Waals surface area contributed by atoms with E-state index in [4.69, 9.17) is 4.74 Å². The maximum absolute atomic E-state index is 14.4. The van der Waals surface area contributed by atoms with Crippen molar-refractivity contribution in [2.45, 2.75) is 37.2 Å². The molecule has 2 aromatic carbocycles. The zero-order valence-corrected chi connectivity index (χ0v) is 29.3. The van der Waals surface area contributed by atoms with E-state index in [0.29, 0.717) is 37.8 Å². The van der Waals surface area contributed by atoms with Gasteiger partial charge in [-0.1, -0.05) is 12.1 Å². The maximum Gasteiger partial charge on any atom is 0.417 e. The number of aromatic nitrogens is 1. The van der Waals surface area contributed by atoms with Crippen molar-refractivity contribution in [2.75, 3.05) is 70.1 Å². The van der Waals surface area contributed by atoms with Crippen molar-refractivity contribution in [2.24, 2.45) is 0 Å². The monoisotopic (exact) mass is 756 g/mol. The van der Waals surface area contributed by atoms with Gasteiger partial charge in [0, 0.05) is 58.1 Å². The van der Waals surface area contributed by atoms with Crippen LogP contribution >= 0.6 is 12.4 Å². The number of pyridine rings is 1.